The van der Waals surface area contributed by atoms with Crippen LogP contribution in [0.4, 0.5) is 10.1 Å². The van der Waals surface area contributed by atoms with Crippen LogP contribution in [0.25, 0.3) is 0 Å². The molecule has 1 aliphatic carbocycles. The van der Waals surface area contributed by atoms with E-state index in [9.17, 15) is 18.8 Å². The Morgan fingerprint density at radius 2 is 1.86 bits per heavy atom. The van der Waals surface area contributed by atoms with E-state index in [4.69, 9.17) is 16.3 Å². The molecule has 0 spiro atoms. The zero-order valence-corrected chi connectivity index (χ0v) is 18.0. The molecule has 2 N–H and O–H groups in total. The number of hydrogen-bond acceptors (Lipinski definition) is 4. The van der Waals surface area contributed by atoms with Gasteiger partial charge in [-0.15, -0.1) is 0 Å². The molecule has 1 atom stereocenters. The summed E-state index contributed by atoms with van der Waals surface area (Å²) in [6.45, 7) is 7.06. The van der Waals surface area contributed by atoms with Crippen molar-refractivity contribution in [3.8, 4) is 0 Å². The van der Waals surface area contributed by atoms with Crippen LogP contribution in [0.1, 0.15) is 59.8 Å². The fourth-order valence-electron chi connectivity index (χ4n) is 3.44. The number of amides is 2. The predicted molar refractivity (Wildman–Crippen MR) is 109 cm³/mol. The Balaban J connectivity index is 2.03. The van der Waals surface area contributed by atoms with E-state index in [0.717, 1.165) is 18.9 Å². The van der Waals surface area contributed by atoms with Gasteiger partial charge in [0.15, 0.2) is 6.10 Å². The fraction of sp³-hybridized carbons (Fsp3) is 0.571. The molecular weight excluding hydrogens is 399 g/mol. The van der Waals surface area contributed by atoms with Crippen LogP contribution in [0, 0.1) is 11.2 Å². The summed E-state index contributed by atoms with van der Waals surface area (Å²) in [6, 6.07) is 3.58. The van der Waals surface area contributed by atoms with Gasteiger partial charge in [-0.1, -0.05) is 24.4 Å². The van der Waals surface area contributed by atoms with Crippen molar-refractivity contribution in [3.63, 3.8) is 0 Å². The Morgan fingerprint density at radius 1 is 1.24 bits per heavy atom. The highest BCUT2D eigenvalue weighted by Crippen LogP contribution is 2.42. The molecule has 8 heteroatoms. The Kier molecular flexibility index (Phi) is 7.27. The molecule has 0 bridgehead atoms. The van der Waals surface area contributed by atoms with Crippen LogP contribution in [0.15, 0.2) is 18.2 Å². The summed E-state index contributed by atoms with van der Waals surface area (Å²) in [7, 11) is 0. The highest BCUT2D eigenvalue weighted by atomic mass is 35.5. The average Bonchev–Trinajstić information content (AvgIpc) is 3.05. The van der Waals surface area contributed by atoms with Gasteiger partial charge in [0.05, 0.1) is 16.1 Å². The predicted octanol–water partition coefficient (Wildman–Crippen LogP) is 4.21. The summed E-state index contributed by atoms with van der Waals surface area (Å²) in [5.41, 5.74) is -1.10. The van der Waals surface area contributed by atoms with Crippen LogP contribution in [0.2, 0.25) is 5.02 Å². The van der Waals surface area contributed by atoms with E-state index in [0.29, 0.717) is 12.8 Å². The number of carbonyl (C=O) groups is 3. The number of rotatable bonds is 6. The maximum atomic E-state index is 13.1. The van der Waals surface area contributed by atoms with Crippen LogP contribution in [0.5, 0.6) is 0 Å². The van der Waals surface area contributed by atoms with E-state index < -0.39 is 34.8 Å². The zero-order chi connectivity index (χ0) is 21.8. The first-order valence-corrected chi connectivity index (χ1v) is 10.1. The van der Waals surface area contributed by atoms with Crippen molar-refractivity contribution in [2.24, 2.45) is 5.41 Å². The second-order valence-electron chi connectivity index (χ2n) is 8.62. The molecule has 1 unspecified atom stereocenters. The second-order valence-corrected chi connectivity index (χ2v) is 9.03. The molecule has 0 heterocycles. The lowest BCUT2D eigenvalue weighted by molar-refractivity contribution is -0.165. The molecule has 0 saturated heterocycles. The van der Waals surface area contributed by atoms with Gasteiger partial charge < -0.3 is 15.4 Å². The Morgan fingerprint density at radius 3 is 2.41 bits per heavy atom. The van der Waals surface area contributed by atoms with Crippen LogP contribution >= 0.6 is 11.6 Å². The number of esters is 1. The largest absolute Gasteiger partial charge is 0.452 e. The van der Waals surface area contributed by atoms with Crippen molar-refractivity contribution in [1.82, 2.24) is 5.32 Å². The maximum absolute atomic E-state index is 13.1. The lowest BCUT2D eigenvalue weighted by Gasteiger charge is -2.29. The smallest absolute Gasteiger partial charge is 0.313 e. The second kappa shape index (κ2) is 9.11. The molecule has 1 aromatic carbocycles. The minimum absolute atomic E-state index is 0.0290. The van der Waals surface area contributed by atoms with E-state index in [1.54, 1.807) is 0 Å². The van der Waals surface area contributed by atoms with Gasteiger partial charge in [0, 0.05) is 12.0 Å². The van der Waals surface area contributed by atoms with Gasteiger partial charge in [-0.25, -0.2) is 4.39 Å². The molecule has 2 rings (SSSR count). The van der Waals surface area contributed by atoms with Crippen LogP contribution < -0.4 is 10.6 Å². The number of hydrogen-bond donors (Lipinski definition) is 2. The van der Waals surface area contributed by atoms with Crippen LogP contribution in [-0.2, 0) is 19.1 Å². The van der Waals surface area contributed by atoms with Gasteiger partial charge in [-0.3, -0.25) is 14.4 Å². The quantitative estimate of drug-likeness (QED) is 0.667. The summed E-state index contributed by atoms with van der Waals surface area (Å²) < 4.78 is 18.6. The fourth-order valence-corrected chi connectivity index (χ4v) is 3.65. The molecule has 29 heavy (non-hydrogen) atoms. The third-order valence-corrected chi connectivity index (χ3v) is 5.16. The van der Waals surface area contributed by atoms with E-state index in [2.05, 4.69) is 10.6 Å². The van der Waals surface area contributed by atoms with E-state index in [1.807, 2.05) is 20.8 Å². The molecule has 6 nitrogen and oxygen atoms in total. The first-order valence-electron chi connectivity index (χ1n) is 9.70. The van der Waals surface area contributed by atoms with Crippen molar-refractivity contribution in [1.29, 1.82) is 0 Å². The zero-order valence-electron chi connectivity index (χ0n) is 17.2. The van der Waals surface area contributed by atoms with E-state index in [1.165, 1.54) is 19.1 Å². The van der Waals surface area contributed by atoms with Crippen LogP contribution in [0.3, 0.4) is 0 Å². The molecule has 0 radical (unpaired) electrons. The van der Waals surface area contributed by atoms with Crippen molar-refractivity contribution >= 4 is 35.1 Å². The minimum Gasteiger partial charge on any atom is -0.452 e. The molecular formula is C21H28ClFN2O4. The summed E-state index contributed by atoms with van der Waals surface area (Å²) in [5.74, 6) is -1.87. The topological polar surface area (TPSA) is 84.5 Å². The molecule has 2 amide bonds. The lowest BCUT2D eigenvalue weighted by atomic mass is 9.82. The lowest BCUT2D eigenvalue weighted by Crippen LogP contribution is -2.45. The molecule has 1 aliphatic rings. The van der Waals surface area contributed by atoms with E-state index in [-0.39, 0.29) is 23.0 Å². The van der Waals surface area contributed by atoms with Gasteiger partial charge in [0.2, 0.25) is 5.91 Å². The Bertz CT molecular complexity index is 785. The first-order chi connectivity index (χ1) is 13.4. The highest BCUT2D eigenvalue weighted by Gasteiger charge is 2.45. The molecule has 160 valence electrons. The van der Waals surface area contributed by atoms with Crippen LogP contribution in [-0.4, -0.2) is 29.4 Å². The number of anilines is 1. The Hall–Kier alpha value is -2.15. The van der Waals surface area contributed by atoms with Crippen molar-refractivity contribution in [2.75, 3.05) is 5.32 Å². The number of halogens is 2. The third-order valence-electron chi connectivity index (χ3n) is 4.85. The van der Waals surface area contributed by atoms with Crippen molar-refractivity contribution < 1.29 is 23.5 Å². The van der Waals surface area contributed by atoms with Gasteiger partial charge >= 0.3 is 5.97 Å². The number of ether oxygens (including phenoxy) is 1. The van der Waals surface area contributed by atoms with E-state index >= 15 is 0 Å². The maximum Gasteiger partial charge on any atom is 0.313 e. The summed E-state index contributed by atoms with van der Waals surface area (Å²) in [5, 5.41) is 5.44. The Labute approximate surface area is 175 Å². The summed E-state index contributed by atoms with van der Waals surface area (Å²) >= 11 is 5.91. The van der Waals surface area contributed by atoms with Gasteiger partial charge in [-0.05, 0) is 58.7 Å². The summed E-state index contributed by atoms with van der Waals surface area (Å²) in [6.07, 6.45) is 1.67. The average molecular weight is 427 g/mol. The number of carbonyl (C=O) groups excluding carboxylic acids is 3. The SMILES string of the molecule is CC(OC(=O)C1(CC(=O)NC(C)(C)C)CCCC1)C(=O)Nc1ccc(F)cc1Cl. The normalized spacial score (nSPS) is 16.8. The standard InChI is InChI=1S/C21H28ClFN2O4/c1-13(18(27)24-16-8-7-14(23)11-15(16)22)29-19(28)21(9-5-6-10-21)12-17(26)25-20(2,3)4/h7-8,11,13H,5-6,9-10,12H2,1-4H3,(H,24,27)(H,25,26). The van der Waals surface area contributed by atoms with Gasteiger partial charge in [-0.2, -0.15) is 0 Å². The third kappa shape index (κ3) is 6.42. The number of benzene rings is 1. The van der Waals surface area contributed by atoms with Gasteiger partial charge in [0.1, 0.15) is 5.82 Å². The highest BCUT2D eigenvalue weighted by molar-refractivity contribution is 6.33. The molecule has 1 saturated carbocycles. The number of nitrogens with one attached hydrogen (secondary N) is 2. The molecule has 0 aromatic heterocycles. The minimum atomic E-state index is -1.09. The first kappa shape index (κ1) is 23.1. The molecule has 0 aliphatic heterocycles. The van der Waals surface area contributed by atoms with Gasteiger partial charge in [0.25, 0.3) is 5.91 Å². The molecule has 1 aromatic rings. The monoisotopic (exact) mass is 426 g/mol. The summed E-state index contributed by atoms with van der Waals surface area (Å²) in [4.78, 5) is 37.7. The van der Waals surface area contributed by atoms with Crippen molar-refractivity contribution in [3.05, 3.63) is 29.0 Å². The van der Waals surface area contributed by atoms with Crippen molar-refractivity contribution in [2.45, 2.75) is 71.4 Å². The molecule has 1 fully saturated rings.